The zero-order chi connectivity index (χ0) is 19.5. The molecule has 7 nitrogen and oxygen atoms in total. The maximum Gasteiger partial charge on any atom is 0.407 e. The van der Waals surface area contributed by atoms with Crippen LogP contribution in [0.15, 0.2) is 4.99 Å². The molecule has 0 rings (SSSR count). The first-order chi connectivity index (χ1) is 11.6. The molecule has 0 aliphatic heterocycles. The predicted octanol–water partition coefficient (Wildman–Crippen LogP) is 2.80. The Labute approximate surface area is 177 Å². The highest BCUT2D eigenvalue weighted by Crippen LogP contribution is 2.06. The van der Waals surface area contributed by atoms with Crippen molar-refractivity contribution in [3.8, 4) is 0 Å². The summed E-state index contributed by atoms with van der Waals surface area (Å²) in [6, 6.07) is 1.10. The van der Waals surface area contributed by atoms with Gasteiger partial charge in [0, 0.05) is 45.3 Å². The molecule has 0 unspecified atom stereocenters. The van der Waals surface area contributed by atoms with Gasteiger partial charge in [0.05, 0.1) is 0 Å². The van der Waals surface area contributed by atoms with Crippen LogP contribution in [0.2, 0.25) is 0 Å². The Kier molecular flexibility index (Phi) is 15.1. The van der Waals surface area contributed by atoms with Crippen LogP contribution in [-0.2, 0) is 4.74 Å². The third-order valence-electron chi connectivity index (χ3n) is 3.52. The molecule has 0 aromatic carbocycles. The fourth-order valence-corrected chi connectivity index (χ4v) is 2.46. The van der Waals surface area contributed by atoms with Gasteiger partial charge in [0.25, 0.3) is 0 Å². The molecule has 0 aromatic rings. The van der Waals surface area contributed by atoms with Gasteiger partial charge in [0.15, 0.2) is 5.96 Å². The second kappa shape index (κ2) is 14.3. The Bertz CT molecular complexity index is 401. The van der Waals surface area contributed by atoms with E-state index in [0.29, 0.717) is 25.2 Å². The van der Waals surface area contributed by atoms with Crippen LogP contribution in [-0.4, -0.2) is 67.9 Å². The maximum absolute atomic E-state index is 11.5. The minimum absolute atomic E-state index is 0. The lowest BCUT2D eigenvalue weighted by molar-refractivity contribution is 0.0529. The highest BCUT2D eigenvalue weighted by atomic mass is 127. The minimum Gasteiger partial charge on any atom is -0.444 e. The Morgan fingerprint density at radius 3 is 1.96 bits per heavy atom. The lowest BCUT2D eigenvalue weighted by Gasteiger charge is -2.30. The number of carbonyl (C=O) groups is 1. The van der Waals surface area contributed by atoms with E-state index in [0.717, 1.165) is 25.5 Å². The highest BCUT2D eigenvalue weighted by Gasteiger charge is 2.15. The van der Waals surface area contributed by atoms with Crippen LogP contribution in [0.5, 0.6) is 0 Å². The zero-order valence-corrected chi connectivity index (χ0v) is 20.1. The average molecular weight is 485 g/mol. The number of nitrogens with one attached hydrogen (secondary N) is 3. The molecule has 0 fully saturated rings. The van der Waals surface area contributed by atoms with Gasteiger partial charge in [-0.05, 0) is 54.9 Å². The van der Waals surface area contributed by atoms with Crippen molar-refractivity contribution in [1.29, 1.82) is 0 Å². The standard InChI is InChI=1S/C18H39N5O2.HI/c1-14(2)23(15(3)4)13-9-10-20-16(19-8)21-11-12-22-17(24)25-18(5,6)7;/h14-15H,9-13H2,1-8H3,(H,22,24)(H2,19,20,21);1H. The van der Waals surface area contributed by atoms with E-state index in [1.807, 2.05) is 20.8 Å². The molecule has 3 N–H and O–H groups in total. The van der Waals surface area contributed by atoms with Gasteiger partial charge in [-0.1, -0.05) is 0 Å². The number of ether oxygens (including phenoxy) is 1. The Balaban J connectivity index is 0. The van der Waals surface area contributed by atoms with Crippen LogP contribution < -0.4 is 16.0 Å². The summed E-state index contributed by atoms with van der Waals surface area (Å²) in [5.74, 6) is 0.742. The summed E-state index contributed by atoms with van der Waals surface area (Å²) in [5, 5.41) is 9.19. The molecular weight excluding hydrogens is 445 g/mol. The molecule has 0 aromatic heterocycles. The van der Waals surface area contributed by atoms with Crippen molar-refractivity contribution in [1.82, 2.24) is 20.9 Å². The third kappa shape index (κ3) is 14.4. The van der Waals surface area contributed by atoms with Crippen molar-refractivity contribution in [3.63, 3.8) is 0 Å². The van der Waals surface area contributed by atoms with Crippen LogP contribution >= 0.6 is 24.0 Å². The molecule has 0 aliphatic rings. The third-order valence-corrected chi connectivity index (χ3v) is 3.52. The lowest BCUT2D eigenvalue weighted by atomic mass is 10.2. The smallest absolute Gasteiger partial charge is 0.407 e. The molecule has 1 amide bonds. The Hall–Kier alpha value is -0.770. The van der Waals surface area contributed by atoms with E-state index in [-0.39, 0.29) is 24.0 Å². The zero-order valence-electron chi connectivity index (χ0n) is 17.8. The number of rotatable bonds is 9. The van der Waals surface area contributed by atoms with E-state index in [1.54, 1.807) is 7.05 Å². The molecule has 0 spiro atoms. The summed E-state index contributed by atoms with van der Waals surface area (Å²) in [6.45, 7) is 17.4. The number of aliphatic imine (C=N–C) groups is 1. The van der Waals surface area contributed by atoms with Crippen LogP contribution in [0.3, 0.4) is 0 Å². The molecule has 8 heteroatoms. The molecule has 0 saturated heterocycles. The first-order valence-corrected chi connectivity index (χ1v) is 9.24. The van der Waals surface area contributed by atoms with Crippen molar-refractivity contribution in [2.75, 3.05) is 33.2 Å². The molecule has 0 radical (unpaired) electrons. The summed E-state index contributed by atoms with van der Waals surface area (Å²) in [5.41, 5.74) is -0.477. The monoisotopic (exact) mass is 485 g/mol. The first-order valence-electron chi connectivity index (χ1n) is 9.24. The van der Waals surface area contributed by atoms with Crippen LogP contribution in [0.4, 0.5) is 4.79 Å². The number of hydrogen-bond donors (Lipinski definition) is 3. The molecule has 0 heterocycles. The van der Waals surface area contributed by atoms with Crippen molar-refractivity contribution in [3.05, 3.63) is 0 Å². The second-order valence-electron chi connectivity index (χ2n) is 7.63. The fraction of sp³-hybridized carbons (Fsp3) is 0.889. The van der Waals surface area contributed by atoms with E-state index in [1.165, 1.54) is 0 Å². The fourth-order valence-electron chi connectivity index (χ4n) is 2.46. The van der Waals surface area contributed by atoms with E-state index in [9.17, 15) is 4.79 Å². The van der Waals surface area contributed by atoms with Crippen molar-refractivity contribution < 1.29 is 9.53 Å². The van der Waals surface area contributed by atoms with Gasteiger partial charge in [-0.25, -0.2) is 4.79 Å². The number of hydrogen-bond acceptors (Lipinski definition) is 4. The highest BCUT2D eigenvalue weighted by molar-refractivity contribution is 14.0. The molecule has 0 bridgehead atoms. The molecule has 0 atom stereocenters. The molecule has 0 saturated carbocycles. The number of alkyl carbamates (subject to hydrolysis) is 1. The summed E-state index contributed by atoms with van der Waals surface area (Å²) < 4.78 is 5.18. The van der Waals surface area contributed by atoms with Crippen LogP contribution in [0.1, 0.15) is 54.9 Å². The van der Waals surface area contributed by atoms with Gasteiger partial charge in [0.1, 0.15) is 5.60 Å². The quantitative estimate of drug-likeness (QED) is 0.203. The Morgan fingerprint density at radius 1 is 1.00 bits per heavy atom. The molecule has 0 aliphatic carbocycles. The van der Waals surface area contributed by atoms with Crippen LogP contribution in [0, 0.1) is 0 Å². The predicted molar refractivity (Wildman–Crippen MR) is 121 cm³/mol. The number of amides is 1. The summed E-state index contributed by atoms with van der Waals surface area (Å²) in [4.78, 5) is 18.2. The normalized spacial score (nSPS) is 12.2. The Morgan fingerprint density at radius 2 is 1.50 bits per heavy atom. The van der Waals surface area contributed by atoms with E-state index < -0.39 is 11.7 Å². The first kappa shape index (κ1) is 27.4. The number of nitrogens with zero attached hydrogens (tertiary/aromatic N) is 2. The number of guanidine groups is 1. The number of carbonyl (C=O) groups excluding carboxylic acids is 1. The van der Waals surface area contributed by atoms with Gasteiger partial charge in [-0.3, -0.25) is 9.89 Å². The minimum atomic E-state index is -0.477. The maximum atomic E-state index is 11.5. The summed E-state index contributed by atoms with van der Waals surface area (Å²) in [6.07, 6.45) is 0.646. The van der Waals surface area contributed by atoms with Gasteiger partial charge < -0.3 is 20.7 Å². The number of halogens is 1. The van der Waals surface area contributed by atoms with Gasteiger partial charge in [-0.15, -0.1) is 24.0 Å². The summed E-state index contributed by atoms with van der Waals surface area (Å²) in [7, 11) is 1.74. The SMILES string of the molecule is CN=C(NCCCN(C(C)C)C(C)C)NCCNC(=O)OC(C)(C)C.I. The molecule has 156 valence electrons. The van der Waals surface area contributed by atoms with Gasteiger partial charge in [0.2, 0.25) is 0 Å². The topological polar surface area (TPSA) is 78.0 Å². The second-order valence-corrected chi connectivity index (χ2v) is 7.63. The molecular formula is C18H40IN5O2. The van der Waals surface area contributed by atoms with E-state index >= 15 is 0 Å². The van der Waals surface area contributed by atoms with E-state index in [2.05, 4.69) is 53.5 Å². The van der Waals surface area contributed by atoms with Crippen LogP contribution in [0.25, 0.3) is 0 Å². The van der Waals surface area contributed by atoms with Gasteiger partial charge >= 0.3 is 6.09 Å². The molecule has 26 heavy (non-hydrogen) atoms. The van der Waals surface area contributed by atoms with Crippen molar-refractivity contribution >= 4 is 36.0 Å². The summed E-state index contributed by atoms with van der Waals surface area (Å²) >= 11 is 0. The lowest BCUT2D eigenvalue weighted by Crippen LogP contribution is -2.43. The largest absolute Gasteiger partial charge is 0.444 e. The van der Waals surface area contributed by atoms with Crippen molar-refractivity contribution in [2.45, 2.75) is 72.6 Å². The van der Waals surface area contributed by atoms with Crippen molar-refractivity contribution in [2.24, 2.45) is 4.99 Å². The van der Waals surface area contributed by atoms with E-state index in [4.69, 9.17) is 4.74 Å². The van der Waals surface area contributed by atoms with Gasteiger partial charge in [-0.2, -0.15) is 0 Å². The average Bonchev–Trinajstić information content (AvgIpc) is 2.46.